The summed E-state index contributed by atoms with van der Waals surface area (Å²) in [6.45, 7) is 0.487. The molecule has 4 heteroatoms. The van der Waals surface area contributed by atoms with Crippen LogP contribution in [0.15, 0.2) is 78.9 Å². The third-order valence-corrected chi connectivity index (χ3v) is 4.41. The second-order valence-electron chi connectivity index (χ2n) is 6.39. The highest BCUT2D eigenvalue weighted by Gasteiger charge is 2.11. The number of nitrogens with one attached hydrogen (secondary N) is 1. The molecule has 3 rings (SSSR count). The predicted octanol–water partition coefficient (Wildman–Crippen LogP) is 3.35. The Kier molecular flexibility index (Phi) is 6.00. The van der Waals surface area contributed by atoms with Gasteiger partial charge in [-0.1, -0.05) is 60.7 Å². The molecule has 0 aliphatic rings. The highest BCUT2D eigenvalue weighted by Crippen LogP contribution is 2.14. The average Bonchev–Trinajstić information content (AvgIpc) is 2.69. The first kappa shape index (κ1) is 18.4. The van der Waals surface area contributed by atoms with Gasteiger partial charge in [0.2, 0.25) is 5.91 Å². The van der Waals surface area contributed by atoms with Crippen LogP contribution >= 0.6 is 0 Å². The maximum Gasteiger partial charge on any atom is 0.251 e. The Morgan fingerprint density at radius 2 is 1.52 bits per heavy atom. The minimum absolute atomic E-state index is 0.0902. The summed E-state index contributed by atoms with van der Waals surface area (Å²) in [7, 11) is 0. The number of rotatable bonds is 7. The quantitative estimate of drug-likeness (QED) is 0.680. The maximum atomic E-state index is 12.6. The number of carbonyl (C=O) groups is 2. The summed E-state index contributed by atoms with van der Waals surface area (Å²) in [4.78, 5) is 23.9. The van der Waals surface area contributed by atoms with Crippen LogP contribution < -0.4 is 11.1 Å². The number of hydrogen-bond donors (Lipinski definition) is 2. The number of benzene rings is 3. The molecule has 0 atom stereocenters. The lowest BCUT2D eigenvalue weighted by atomic mass is 9.99. The zero-order valence-electron chi connectivity index (χ0n) is 15.0. The van der Waals surface area contributed by atoms with Crippen molar-refractivity contribution >= 4 is 11.8 Å². The van der Waals surface area contributed by atoms with Gasteiger partial charge in [-0.05, 0) is 47.7 Å². The second kappa shape index (κ2) is 8.81. The molecule has 0 aromatic heterocycles. The van der Waals surface area contributed by atoms with Crippen LogP contribution in [0, 0.1) is 0 Å². The van der Waals surface area contributed by atoms with Crippen molar-refractivity contribution in [3.63, 3.8) is 0 Å². The molecular formula is C23H22N2O2. The summed E-state index contributed by atoms with van der Waals surface area (Å²) in [6.07, 6.45) is 1.35. The molecule has 0 aliphatic carbocycles. The van der Waals surface area contributed by atoms with Gasteiger partial charge in [0.1, 0.15) is 0 Å². The number of hydrogen-bond acceptors (Lipinski definition) is 2. The van der Waals surface area contributed by atoms with Crippen molar-refractivity contribution in [3.05, 3.63) is 107 Å². The molecule has 0 radical (unpaired) electrons. The van der Waals surface area contributed by atoms with E-state index in [1.165, 1.54) is 5.56 Å². The van der Waals surface area contributed by atoms with Gasteiger partial charge in [-0.3, -0.25) is 9.59 Å². The van der Waals surface area contributed by atoms with Crippen molar-refractivity contribution in [2.24, 2.45) is 5.73 Å². The smallest absolute Gasteiger partial charge is 0.251 e. The zero-order valence-corrected chi connectivity index (χ0v) is 15.0. The van der Waals surface area contributed by atoms with Crippen LogP contribution in [0.1, 0.15) is 37.4 Å². The molecule has 0 heterocycles. The Hall–Kier alpha value is -3.40. The van der Waals surface area contributed by atoms with Gasteiger partial charge in [-0.2, -0.15) is 0 Å². The molecule has 136 valence electrons. The third-order valence-electron chi connectivity index (χ3n) is 4.41. The summed E-state index contributed by atoms with van der Waals surface area (Å²) in [5.74, 6) is -0.539. The minimum atomic E-state index is -0.448. The van der Waals surface area contributed by atoms with Crippen LogP contribution in [0.25, 0.3) is 0 Å². The highest BCUT2D eigenvalue weighted by atomic mass is 16.2. The van der Waals surface area contributed by atoms with Gasteiger partial charge >= 0.3 is 0 Å². The minimum Gasteiger partial charge on any atom is -0.366 e. The lowest BCUT2D eigenvalue weighted by Gasteiger charge is -2.11. The van der Waals surface area contributed by atoms with Gasteiger partial charge in [0, 0.05) is 17.7 Å². The average molecular weight is 358 g/mol. The molecule has 0 spiro atoms. The van der Waals surface area contributed by atoms with Crippen molar-refractivity contribution in [3.8, 4) is 0 Å². The van der Waals surface area contributed by atoms with Crippen LogP contribution in [0.2, 0.25) is 0 Å². The van der Waals surface area contributed by atoms with E-state index in [-0.39, 0.29) is 5.91 Å². The maximum absolute atomic E-state index is 12.6. The van der Waals surface area contributed by atoms with E-state index in [9.17, 15) is 9.59 Å². The summed E-state index contributed by atoms with van der Waals surface area (Å²) < 4.78 is 0. The van der Waals surface area contributed by atoms with Crippen LogP contribution in [-0.2, 0) is 12.8 Å². The fraction of sp³-hybridized carbons (Fsp3) is 0.130. The van der Waals surface area contributed by atoms with E-state index in [2.05, 4.69) is 17.4 Å². The fourth-order valence-corrected chi connectivity index (χ4v) is 3.01. The lowest BCUT2D eigenvalue weighted by Crippen LogP contribution is -2.26. The summed E-state index contributed by atoms with van der Waals surface area (Å²) in [5.41, 5.74) is 9.60. The van der Waals surface area contributed by atoms with E-state index in [1.54, 1.807) is 18.2 Å². The SMILES string of the molecule is NC(=O)c1cccc(CCNC(=O)c2ccccc2Cc2ccccc2)c1. The van der Waals surface area contributed by atoms with Gasteiger partial charge in [0.05, 0.1) is 0 Å². The van der Waals surface area contributed by atoms with Crippen molar-refractivity contribution < 1.29 is 9.59 Å². The van der Waals surface area contributed by atoms with E-state index >= 15 is 0 Å². The molecule has 27 heavy (non-hydrogen) atoms. The predicted molar refractivity (Wildman–Crippen MR) is 107 cm³/mol. The number of carbonyl (C=O) groups excluding carboxylic acids is 2. The summed E-state index contributed by atoms with van der Waals surface area (Å²) in [5, 5.41) is 2.97. The van der Waals surface area contributed by atoms with Gasteiger partial charge < -0.3 is 11.1 Å². The molecule has 3 aromatic rings. The standard InChI is InChI=1S/C23H22N2O2/c24-22(26)20-11-6-9-18(16-20)13-14-25-23(27)21-12-5-4-10-19(21)15-17-7-2-1-3-8-17/h1-12,16H,13-15H2,(H2,24,26)(H,25,27). The normalized spacial score (nSPS) is 10.4. The van der Waals surface area contributed by atoms with E-state index < -0.39 is 5.91 Å². The topological polar surface area (TPSA) is 72.2 Å². The molecule has 4 nitrogen and oxygen atoms in total. The van der Waals surface area contributed by atoms with Gasteiger partial charge in [-0.25, -0.2) is 0 Å². The molecular weight excluding hydrogens is 336 g/mol. The first-order chi connectivity index (χ1) is 13.1. The summed E-state index contributed by atoms with van der Waals surface area (Å²) >= 11 is 0. The van der Waals surface area contributed by atoms with Crippen molar-refractivity contribution in [2.75, 3.05) is 6.54 Å². The van der Waals surface area contributed by atoms with E-state index in [1.807, 2.05) is 48.5 Å². The number of amides is 2. The number of primary amides is 1. The molecule has 3 aromatic carbocycles. The van der Waals surface area contributed by atoms with Gasteiger partial charge in [0.25, 0.3) is 5.91 Å². The van der Waals surface area contributed by atoms with E-state index in [0.717, 1.165) is 11.1 Å². The Balaban J connectivity index is 1.63. The number of nitrogens with two attached hydrogens (primary N) is 1. The fourth-order valence-electron chi connectivity index (χ4n) is 3.01. The second-order valence-corrected chi connectivity index (χ2v) is 6.39. The molecule has 0 bridgehead atoms. The van der Waals surface area contributed by atoms with Gasteiger partial charge in [0.15, 0.2) is 0 Å². The molecule has 0 unspecified atom stereocenters. The van der Waals surface area contributed by atoms with Crippen LogP contribution in [0.4, 0.5) is 0 Å². The molecule has 0 saturated carbocycles. The molecule has 0 fully saturated rings. The van der Waals surface area contributed by atoms with E-state index in [4.69, 9.17) is 5.73 Å². The first-order valence-electron chi connectivity index (χ1n) is 8.92. The Bertz CT molecular complexity index is 936. The Morgan fingerprint density at radius 3 is 2.30 bits per heavy atom. The van der Waals surface area contributed by atoms with Crippen LogP contribution in [0.3, 0.4) is 0 Å². The monoisotopic (exact) mass is 358 g/mol. The molecule has 0 saturated heterocycles. The highest BCUT2D eigenvalue weighted by molar-refractivity contribution is 5.95. The first-order valence-corrected chi connectivity index (χ1v) is 8.92. The molecule has 0 aliphatic heterocycles. The van der Waals surface area contributed by atoms with Crippen LogP contribution in [0.5, 0.6) is 0 Å². The van der Waals surface area contributed by atoms with Crippen molar-refractivity contribution in [2.45, 2.75) is 12.8 Å². The third kappa shape index (κ3) is 5.05. The van der Waals surface area contributed by atoms with Crippen molar-refractivity contribution in [1.29, 1.82) is 0 Å². The van der Waals surface area contributed by atoms with Crippen molar-refractivity contribution in [1.82, 2.24) is 5.32 Å². The lowest BCUT2D eigenvalue weighted by molar-refractivity contribution is 0.0951. The van der Waals surface area contributed by atoms with E-state index in [0.29, 0.717) is 30.5 Å². The largest absolute Gasteiger partial charge is 0.366 e. The van der Waals surface area contributed by atoms with Gasteiger partial charge in [-0.15, -0.1) is 0 Å². The molecule has 3 N–H and O–H groups in total. The zero-order chi connectivity index (χ0) is 19.1. The summed E-state index contributed by atoms with van der Waals surface area (Å²) in [6, 6.07) is 24.9. The Labute approximate surface area is 159 Å². The Morgan fingerprint density at radius 1 is 0.815 bits per heavy atom. The molecule has 2 amide bonds. The van der Waals surface area contributed by atoms with Crippen LogP contribution in [-0.4, -0.2) is 18.4 Å².